The zero-order valence-corrected chi connectivity index (χ0v) is 16.5. The normalized spacial score (nSPS) is 12.2. The molecule has 0 aliphatic heterocycles. The van der Waals surface area contributed by atoms with E-state index in [-0.39, 0.29) is 20.5 Å². The minimum atomic E-state index is -4.81. The Morgan fingerprint density at radius 3 is 2.29 bits per heavy atom. The molecule has 28 heavy (non-hydrogen) atoms. The van der Waals surface area contributed by atoms with Gasteiger partial charge in [0, 0.05) is 17.6 Å². The third kappa shape index (κ3) is 3.96. The molecule has 5 nitrogen and oxygen atoms in total. The van der Waals surface area contributed by atoms with Crippen LogP contribution in [0.2, 0.25) is 10.0 Å². The number of anilines is 1. The molecule has 3 aromatic rings. The molecule has 0 spiro atoms. The summed E-state index contributed by atoms with van der Waals surface area (Å²) in [6.45, 7) is 0. The molecule has 0 aliphatic rings. The quantitative estimate of drug-likeness (QED) is 0.594. The van der Waals surface area contributed by atoms with Crippen LogP contribution in [-0.4, -0.2) is 18.2 Å². The standard InChI is InChI=1S/C17H12Cl2F3N3O2S/c1-25-15(17(20,21)22)14(12-8-7-10(18)9-13(12)19)16(23-25)24-28(26,27)11-5-3-2-4-6-11/h2-9H,1H3,(H,23,24). The maximum absolute atomic E-state index is 13.7. The number of sulfonamides is 1. The number of alkyl halides is 3. The van der Waals surface area contributed by atoms with Crippen molar-refractivity contribution in [2.45, 2.75) is 11.1 Å². The lowest BCUT2D eigenvalue weighted by Crippen LogP contribution is -2.14. The Labute approximate surface area is 168 Å². The zero-order chi connectivity index (χ0) is 20.7. The van der Waals surface area contributed by atoms with Gasteiger partial charge < -0.3 is 0 Å². The van der Waals surface area contributed by atoms with Crippen LogP contribution in [0.1, 0.15) is 5.69 Å². The van der Waals surface area contributed by atoms with E-state index in [2.05, 4.69) is 9.82 Å². The molecule has 1 aromatic heterocycles. The van der Waals surface area contributed by atoms with Gasteiger partial charge in [-0.2, -0.15) is 18.3 Å². The third-order valence-electron chi connectivity index (χ3n) is 3.80. The number of aryl methyl sites for hydroxylation is 1. The summed E-state index contributed by atoms with van der Waals surface area (Å²) in [4.78, 5) is -0.123. The van der Waals surface area contributed by atoms with Crippen LogP contribution in [0.15, 0.2) is 53.4 Å². The lowest BCUT2D eigenvalue weighted by molar-refractivity contribution is -0.143. The molecule has 2 aromatic carbocycles. The highest BCUT2D eigenvalue weighted by molar-refractivity contribution is 7.92. The molecular formula is C17H12Cl2F3N3O2S. The molecule has 3 rings (SSSR count). The molecule has 0 amide bonds. The average Bonchev–Trinajstić information content (AvgIpc) is 2.91. The second kappa shape index (κ2) is 7.31. The van der Waals surface area contributed by atoms with Crippen molar-refractivity contribution in [1.29, 1.82) is 0 Å². The molecule has 0 saturated heterocycles. The number of nitrogens with zero attached hydrogens (tertiary/aromatic N) is 2. The van der Waals surface area contributed by atoms with Crippen LogP contribution in [0.4, 0.5) is 19.0 Å². The molecule has 0 bridgehead atoms. The van der Waals surface area contributed by atoms with Crippen molar-refractivity contribution in [2.75, 3.05) is 4.72 Å². The van der Waals surface area contributed by atoms with Gasteiger partial charge >= 0.3 is 6.18 Å². The number of benzene rings is 2. The molecule has 1 heterocycles. The van der Waals surface area contributed by atoms with Gasteiger partial charge in [-0.1, -0.05) is 47.5 Å². The molecule has 0 radical (unpaired) electrons. The van der Waals surface area contributed by atoms with E-state index in [1.807, 2.05) is 0 Å². The van der Waals surface area contributed by atoms with Gasteiger partial charge in [0.25, 0.3) is 10.0 Å². The minimum absolute atomic E-state index is 0.0581. The summed E-state index contributed by atoms with van der Waals surface area (Å²) in [7, 11) is -3.11. The van der Waals surface area contributed by atoms with Gasteiger partial charge in [0.15, 0.2) is 11.5 Å². The molecule has 11 heteroatoms. The fraction of sp³-hybridized carbons (Fsp3) is 0.118. The van der Waals surface area contributed by atoms with Crippen LogP contribution in [0.25, 0.3) is 11.1 Å². The van der Waals surface area contributed by atoms with Crippen LogP contribution >= 0.6 is 23.2 Å². The van der Waals surface area contributed by atoms with Gasteiger partial charge in [0.05, 0.1) is 15.5 Å². The predicted octanol–water partition coefficient (Wildman–Crippen LogP) is 5.21. The van der Waals surface area contributed by atoms with Gasteiger partial charge in [-0.25, -0.2) is 8.42 Å². The van der Waals surface area contributed by atoms with Crippen LogP contribution in [0.3, 0.4) is 0 Å². The predicted molar refractivity (Wildman–Crippen MR) is 101 cm³/mol. The van der Waals surface area contributed by atoms with Crippen molar-refractivity contribution in [2.24, 2.45) is 7.05 Å². The summed E-state index contributed by atoms with van der Waals surface area (Å²) in [6.07, 6.45) is -4.81. The Bertz CT molecular complexity index is 1130. The first-order valence-corrected chi connectivity index (χ1v) is 9.92. The molecule has 0 fully saturated rings. The highest BCUT2D eigenvalue weighted by atomic mass is 35.5. The maximum Gasteiger partial charge on any atom is 0.433 e. The van der Waals surface area contributed by atoms with Gasteiger partial charge in [0.2, 0.25) is 0 Å². The lowest BCUT2D eigenvalue weighted by Gasteiger charge is -2.13. The maximum atomic E-state index is 13.7. The van der Waals surface area contributed by atoms with E-state index in [0.29, 0.717) is 4.68 Å². The second-order valence-electron chi connectivity index (χ2n) is 5.74. The first-order valence-electron chi connectivity index (χ1n) is 7.68. The average molecular weight is 450 g/mol. The van der Waals surface area contributed by atoms with E-state index in [9.17, 15) is 21.6 Å². The van der Waals surface area contributed by atoms with E-state index in [4.69, 9.17) is 23.2 Å². The summed E-state index contributed by atoms with van der Waals surface area (Å²) < 4.78 is 68.9. The number of halogens is 5. The van der Waals surface area contributed by atoms with Crippen molar-refractivity contribution in [1.82, 2.24) is 9.78 Å². The van der Waals surface area contributed by atoms with Crippen LogP contribution in [-0.2, 0) is 23.2 Å². The first-order chi connectivity index (χ1) is 13.0. The molecule has 0 unspecified atom stereocenters. The monoisotopic (exact) mass is 449 g/mol. The van der Waals surface area contributed by atoms with E-state index >= 15 is 0 Å². The van der Waals surface area contributed by atoms with Gasteiger partial charge in [0.1, 0.15) is 0 Å². The van der Waals surface area contributed by atoms with Crippen molar-refractivity contribution < 1.29 is 21.6 Å². The van der Waals surface area contributed by atoms with E-state index < -0.39 is 33.3 Å². The van der Waals surface area contributed by atoms with Gasteiger partial charge in [-0.05, 0) is 24.3 Å². The smallest absolute Gasteiger partial charge is 0.261 e. The Hall–Kier alpha value is -2.23. The SMILES string of the molecule is Cn1nc(NS(=O)(=O)c2ccccc2)c(-c2ccc(Cl)cc2Cl)c1C(F)(F)F. The summed E-state index contributed by atoms with van der Waals surface area (Å²) in [5.41, 5.74) is -1.70. The van der Waals surface area contributed by atoms with E-state index in [1.165, 1.54) is 42.5 Å². The van der Waals surface area contributed by atoms with Crippen LogP contribution in [0.5, 0.6) is 0 Å². The van der Waals surface area contributed by atoms with E-state index in [1.54, 1.807) is 6.07 Å². The van der Waals surface area contributed by atoms with Crippen LogP contribution < -0.4 is 4.72 Å². The van der Waals surface area contributed by atoms with Crippen molar-refractivity contribution in [3.63, 3.8) is 0 Å². The Balaban J connectivity index is 2.23. The highest BCUT2D eigenvalue weighted by Gasteiger charge is 2.40. The van der Waals surface area contributed by atoms with E-state index in [0.717, 1.165) is 7.05 Å². The number of hydrogen-bond donors (Lipinski definition) is 1. The summed E-state index contributed by atoms with van der Waals surface area (Å²) in [6, 6.07) is 11.1. The first kappa shape index (κ1) is 20.5. The van der Waals surface area contributed by atoms with Gasteiger partial charge in [-0.15, -0.1) is 0 Å². The summed E-state index contributed by atoms with van der Waals surface area (Å²) >= 11 is 11.9. The minimum Gasteiger partial charge on any atom is -0.261 e. The number of hydrogen-bond acceptors (Lipinski definition) is 3. The Morgan fingerprint density at radius 1 is 1.07 bits per heavy atom. The number of aromatic nitrogens is 2. The lowest BCUT2D eigenvalue weighted by atomic mass is 10.0. The Kier molecular flexibility index (Phi) is 5.35. The molecule has 0 aliphatic carbocycles. The largest absolute Gasteiger partial charge is 0.433 e. The van der Waals surface area contributed by atoms with Crippen LogP contribution in [0, 0.1) is 0 Å². The zero-order valence-electron chi connectivity index (χ0n) is 14.1. The van der Waals surface area contributed by atoms with Crippen molar-refractivity contribution >= 4 is 39.0 Å². The number of rotatable bonds is 4. The van der Waals surface area contributed by atoms with Gasteiger partial charge in [-0.3, -0.25) is 9.40 Å². The molecule has 0 atom stereocenters. The second-order valence-corrected chi connectivity index (χ2v) is 8.26. The Morgan fingerprint density at radius 2 is 1.71 bits per heavy atom. The van der Waals surface area contributed by atoms with Crippen molar-refractivity contribution in [3.8, 4) is 11.1 Å². The topological polar surface area (TPSA) is 64.0 Å². The highest BCUT2D eigenvalue weighted by Crippen LogP contribution is 2.44. The molecular weight excluding hydrogens is 438 g/mol. The molecule has 0 saturated carbocycles. The third-order valence-corrected chi connectivity index (χ3v) is 5.70. The molecule has 148 valence electrons. The van der Waals surface area contributed by atoms with Crippen molar-refractivity contribution in [3.05, 3.63) is 64.3 Å². The number of nitrogens with one attached hydrogen (secondary N) is 1. The fourth-order valence-electron chi connectivity index (χ4n) is 2.65. The fourth-order valence-corrected chi connectivity index (χ4v) is 4.19. The molecule has 1 N–H and O–H groups in total. The summed E-state index contributed by atoms with van der Waals surface area (Å²) in [5, 5.41) is 3.88. The summed E-state index contributed by atoms with van der Waals surface area (Å²) in [5.74, 6) is -0.497.